The number of rotatable bonds is 2. The van der Waals surface area contributed by atoms with Crippen molar-refractivity contribution in [1.29, 1.82) is 0 Å². The summed E-state index contributed by atoms with van der Waals surface area (Å²) in [4.78, 5) is 15.2. The maximum Gasteiger partial charge on any atom is 0.233 e. The largest absolute Gasteiger partial charge is 0.342 e. The van der Waals surface area contributed by atoms with Crippen molar-refractivity contribution in [2.24, 2.45) is 5.73 Å². The molecule has 0 bridgehead atoms. The van der Waals surface area contributed by atoms with Gasteiger partial charge in [-0.1, -0.05) is 40.9 Å². The molecule has 1 aliphatic carbocycles. The van der Waals surface area contributed by atoms with Gasteiger partial charge >= 0.3 is 0 Å². The van der Waals surface area contributed by atoms with Gasteiger partial charge in [0.05, 0.1) is 5.41 Å². The molecule has 0 radical (unpaired) electrons. The van der Waals surface area contributed by atoms with E-state index in [1.807, 2.05) is 0 Å². The van der Waals surface area contributed by atoms with Crippen LogP contribution in [0, 0.1) is 0 Å². The van der Waals surface area contributed by atoms with Gasteiger partial charge in [-0.05, 0) is 43.4 Å². The average Bonchev–Trinajstić information content (AvgIpc) is 2.99. The van der Waals surface area contributed by atoms with Crippen molar-refractivity contribution in [1.82, 2.24) is 4.90 Å². The Kier molecular flexibility index (Phi) is 4.36. The van der Waals surface area contributed by atoms with Crippen LogP contribution in [0.5, 0.6) is 0 Å². The molecule has 0 atom stereocenters. The molecule has 1 amide bonds. The number of likely N-dealkylation sites (tertiary alicyclic amines) is 1. The number of halogens is 1. The van der Waals surface area contributed by atoms with Gasteiger partial charge < -0.3 is 10.6 Å². The second-order valence-electron chi connectivity index (χ2n) is 6.43. The highest BCUT2D eigenvalue weighted by Crippen LogP contribution is 2.43. The summed E-state index contributed by atoms with van der Waals surface area (Å²) < 4.78 is 1.07. The maximum atomic E-state index is 13.2. The molecule has 21 heavy (non-hydrogen) atoms. The quantitative estimate of drug-likeness (QED) is 0.889. The van der Waals surface area contributed by atoms with Crippen LogP contribution >= 0.6 is 15.9 Å². The van der Waals surface area contributed by atoms with E-state index in [2.05, 4.69) is 45.1 Å². The molecule has 3 rings (SSSR count). The summed E-state index contributed by atoms with van der Waals surface area (Å²) in [5.74, 6) is 0.328. The Hall–Kier alpha value is -0.870. The Morgan fingerprint density at radius 1 is 1.14 bits per heavy atom. The van der Waals surface area contributed by atoms with Crippen LogP contribution in [0.1, 0.15) is 44.1 Å². The molecule has 4 heteroatoms. The predicted molar refractivity (Wildman–Crippen MR) is 88.1 cm³/mol. The van der Waals surface area contributed by atoms with Crippen LogP contribution in [0.3, 0.4) is 0 Å². The first-order valence-electron chi connectivity index (χ1n) is 7.93. The zero-order valence-corrected chi connectivity index (χ0v) is 13.9. The molecule has 1 saturated carbocycles. The number of nitrogens with zero attached hydrogens (tertiary/aromatic N) is 1. The summed E-state index contributed by atoms with van der Waals surface area (Å²) in [6, 6.07) is 8.59. The maximum absolute atomic E-state index is 13.2. The second kappa shape index (κ2) is 6.09. The van der Waals surface area contributed by atoms with Crippen molar-refractivity contribution >= 4 is 21.8 Å². The number of hydrogen-bond donors (Lipinski definition) is 1. The molecule has 1 aliphatic heterocycles. The Balaban J connectivity index is 1.86. The fourth-order valence-corrected chi connectivity index (χ4v) is 4.04. The molecule has 1 heterocycles. The van der Waals surface area contributed by atoms with Crippen molar-refractivity contribution in [2.45, 2.75) is 50.0 Å². The molecule has 1 aromatic carbocycles. The van der Waals surface area contributed by atoms with Crippen molar-refractivity contribution in [2.75, 3.05) is 13.1 Å². The minimum absolute atomic E-state index is 0.265. The van der Waals surface area contributed by atoms with E-state index in [0.717, 1.165) is 56.1 Å². The summed E-state index contributed by atoms with van der Waals surface area (Å²) in [5, 5.41) is 0. The molecule has 3 nitrogen and oxygen atoms in total. The molecular formula is C17H23BrN2O. The molecule has 2 fully saturated rings. The third-order valence-electron chi connectivity index (χ3n) is 5.09. The van der Waals surface area contributed by atoms with Crippen LogP contribution in [0.25, 0.3) is 0 Å². The molecule has 1 saturated heterocycles. The van der Waals surface area contributed by atoms with Crippen molar-refractivity contribution in [3.05, 3.63) is 34.3 Å². The number of amides is 1. The summed E-state index contributed by atoms with van der Waals surface area (Å²) in [6.07, 6.45) is 6.13. The molecule has 2 N–H and O–H groups in total. The monoisotopic (exact) mass is 350 g/mol. The number of carbonyl (C=O) groups is 1. The van der Waals surface area contributed by atoms with E-state index in [9.17, 15) is 4.79 Å². The van der Waals surface area contributed by atoms with Gasteiger partial charge in [0.25, 0.3) is 0 Å². The topological polar surface area (TPSA) is 46.3 Å². The second-order valence-corrected chi connectivity index (χ2v) is 7.34. The van der Waals surface area contributed by atoms with Gasteiger partial charge in [0.15, 0.2) is 0 Å². The fraction of sp³-hybridized carbons (Fsp3) is 0.588. The van der Waals surface area contributed by atoms with Gasteiger partial charge in [-0.25, -0.2) is 0 Å². The first-order chi connectivity index (χ1) is 10.1. The predicted octanol–water partition coefficient (Wildman–Crippen LogP) is 3.21. The van der Waals surface area contributed by atoms with Crippen molar-refractivity contribution in [3.63, 3.8) is 0 Å². The first-order valence-corrected chi connectivity index (χ1v) is 8.72. The lowest BCUT2D eigenvalue weighted by molar-refractivity contribution is -0.138. The zero-order chi connectivity index (χ0) is 14.9. The first kappa shape index (κ1) is 15.0. The Labute approximate surface area is 135 Å². The van der Waals surface area contributed by atoms with E-state index in [1.165, 1.54) is 5.56 Å². The third-order valence-corrected chi connectivity index (χ3v) is 5.62. The lowest BCUT2D eigenvalue weighted by atomic mass is 9.77. The van der Waals surface area contributed by atoms with Gasteiger partial charge in [0.1, 0.15) is 0 Å². The number of nitrogens with two attached hydrogens (primary N) is 1. The highest BCUT2D eigenvalue weighted by molar-refractivity contribution is 9.10. The molecule has 1 aromatic rings. The molecule has 0 unspecified atom stereocenters. The normalized spacial score (nSPS) is 22.5. The minimum Gasteiger partial charge on any atom is -0.342 e. The van der Waals surface area contributed by atoms with Crippen LogP contribution < -0.4 is 5.73 Å². The fourth-order valence-electron chi connectivity index (χ4n) is 3.78. The highest BCUT2D eigenvalue weighted by atomic mass is 79.9. The Bertz CT molecular complexity index is 500. The van der Waals surface area contributed by atoms with E-state index < -0.39 is 0 Å². The molecule has 0 spiro atoms. The molecule has 2 aliphatic rings. The summed E-state index contributed by atoms with van der Waals surface area (Å²) >= 11 is 3.48. The van der Waals surface area contributed by atoms with Gasteiger partial charge in [-0.2, -0.15) is 0 Å². The molecule has 114 valence electrons. The number of hydrogen-bond acceptors (Lipinski definition) is 2. The number of piperidine rings is 1. The van der Waals surface area contributed by atoms with Gasteiger partial charge in [0, 0.05) is 23.6 Å². The third kappa shape index (κ3) is 2.88. The van der Waals surface area contributed by atoms with E-state index in [1.54, 1.807) is 0 Å². The molecule has 0 aromatic heterocycles. The average molecular weight is 351 g/mol. The van der Waals surface area contributed by atoms with E-state index >= 15 is 0 Å². The zero-order valence-electron chi connectivity index (χ0n) is 12.4. The van der Waals surface area contributed by atoms with E-state index in [0.29, 0.717) is 5.91 Å². The number of benzene rings is 1. The van der Waals surface area contributed by atoms with Gasteiger partial charge in [-0.3, -0.25) is 4.79 Å². The van der Waals surface area contributed by atoms with Crippen LogP contribution in [-0.4, -0.2) is 29.9 Å². The summed E-state index contributed by atoms with van der Waals surface area (Å²) in [5.41, 5.74) is 6.86. The number of carbonyl (C=O) groups excluding carboxylic acids is 1. The van der Waals surface area contributed by atoms with Crippen LogP contribution in [0.4, 0.5) is 0 Å². The van der Waals surface area contributed by atoms with Crippen LogP contribution in [0.2, 0.25) is 0 Å². The van der Waals surface area contributed by atoms with Crippen LogP contribution in [0.15, 0.2) is 28.7 Å². The highest BCUT2D eigenvalue weighted by Gasteiger charge is 2.45. The summed E-state index contributed by atoms with van der Waals surface area (Å²) in [6.45, 7) is 1.64. The van der Waals surface area contributed by atoms with Gasteiger partial charge in [0.2, 0.25) is 5.91 Å². The van der Waals surface area contributed by atoms with E-state index in [-0.39, 0.29) is 11.5 Å². The lowest BCUT2D eigenvalue weighted by Gasteiger charge is -2.38. The van der Waals surface area contributed by atoms with Crippen LogP contribution in [-0.2, 0) is 10.2 Å². The van der Waals surface area contributed by atoms with Crippen molar-refractivity contribution in [3.8, 4) is 0 Å². The van der Waals surface area contributed by atoms with Crippen molar-refractivity contribution < 1.29 is 4.79 Å². The Morgan fingerprint density at radius 2 is 1.71 bits per heavy atom. The van der Waals surface area contributed by atoms with E-state index in [4.69, 9.17) is 5.73 Å². The minimum atomic E-state index is -0.290. The Morgan fingerprint density at radius 3 is 2.29 bits per heavy atom. The SMILES string of the molecule is NC1CCN(C(=O)C2(c3ccc(Br)cc3)CCCC2)CC1. The smallest absolute Gasteiger partial charge is 0.233 e. The standard InChI is InChI=1S/C17H23BrN2O/c18-14-5-3-13(4-6-14)17(9-1-2-10-17)16(21)20-11-7-15(19)8-12-20/h3-6,15H,1-2,7-12,19H2. The molecular weight excluding hydrogens is 328 g/mol. The lowest BCUT2D eigenvalue weighted by Crippen LogP contribution is -2.50. The summed E-state index contributed by atoms with van der Waals surface area (Å²) in [7, 11) is 0. The van der Waals surface area contributed by atoms with Gasteiger partial charge in [-0.15, -0.1) is 0 Å².